The molecule has 2 amide bonds. The number of quaternary nitrogens is 1. The molecule has 3 rings (SSSR count). The molecule has 1 unspecified atom stereocenters. The molecule has 2 heterocycles. The first kappa shape index (κ1) is 21.1. The molecule has 0 aliphatic carbocycles. The molecule has 0 radical (unpaired) electrons. The third-order valence-electron chi connectivity index (χ3n) is 5.22. The fourth-order valence-electron chi connectivity index (χ4n) is 3.19. The highest BCUT2D eigenvalue weighted by Gasteiger charge is 2.39. The van der Waals surface area contributed by atoms with E-state index in [2.05, 4.69) is 5.10 Å². The van der Waals surface area contributed by atoms with Gasteiger partial charge in [-0.3, -0.25) is 9.59 Å². The molecule has 0 spiro atoms. The van der Waals surface area contributed by atoms with Crippen molar-refractivity contribution in [2.45, 2.75) is 25.4 Å². The number of carbonyl (C=O) groups excluding carboxylic acids is 2. The lowest BCUT2D eigenvalue weighted by atomic mass is 10.0. The van der Waals surface area contributed by atoms with E-state index in [0.29, 0.717) is 17.2 Å². The summed E-state index contributed by atoms with van der Waals surface area (Å²) < 4.78 is 5.58. The number of likely N-dealkylation sites (N-methyl/N-ethyl adjacent to an activating group) is 2. The molecule has 8 heteroatoms. The van der Waals surface area contributed by atoms with Crippen LogP contribution >= 0.6 is 11.6 Å². The van der Waals surface area contributed by atoms with Gasteiger partial charge in [0.1, 0.15) is 11.8 Å². The molecule has 154 valence electrons. The minimum atomic E-state index is -0.440. The molecular formula is C21H26ClN4O3+. The van der Waals surface area contributed by atoms with Crippen molar-refractivity contribution < 1.29 is 18.9 Å². The first-order chi connectivity index (χ1) is 13.8. The van der Waals surface area contributed by atoms with Crippen molar-refractivity contribution in [2.24, 2.45) is 5.10 Å². The minimum absolute atomic E-state index is 0.0310. The summed E-state index contributed by atoms with van der Waals surface area (Å²) in [5, 5.41) is 6.77. The van der Waals surface area contributed by atoms with Gasteiger partial charge < -0.3 is 14.2 Å². The average Bonchev–Trinajstić information content (AvgIpc) is 3.36. The van der Waals surface area contributed by atoms with Crippen molar-refractivity contribution in [2.75, 3.05) is 27.7 Å². The van der Waals surface area contributed by atoms with Gasteiger partial charge in [0.2, 0.25) is 0 Å². The Morgan fingerprint density at radius 2 is 2.00 bits per heavy atom. The summed E-state index contributed by atoms with van der Waals surface area (Å²) in [5.41, 5.74) is 1.71. The van der Waals surface area contributed by atoms with E-state index in [1.807, 2.05) is 32.2 Å². The lowest BCUT2D eigenvalue weighted by Gasteiger charge is -2.26. The number of nitrogens with zero attached hydrogens (tertiary/aromatic N) is 3. The maximum Gasteiger partial charge on any atom is 0.301 e. The highest BCUT2D eigenvalue weighted by molar-refractivity contribution is 6.30. The fourth-order valence-corrected chi connectivity index (χ4v) is 3.32. The van der Waals surface area contributed by atoms with Crippen LogP contribution in [0.1, 0.15) is 30.7 Å². The summed E-state index contributed by atoms with van der Waals surface area (Å²) in [4.78, 5) is 27.7. The lowest BCUT2D eigenvalue weighted by Crippen LogP contribution is -3.15. The predicted octanol–water partition coefficient (Wildman–Crippen LogP) is 1.60. The first-order valence-electron chi connectivity index (χ1n) is 9.50. The fraction of sp³-hybridized carbons (Fsp3) is 0.381. The maximum atomic E-state index is 13.3. The summed E-state index contributed by atoms with van der Waals surface area (Å²) in [6, 6.07) is 10.3. The molecule has 0 bridgehead atoms. The number of furan rings is 1. The summed E-state index contributed by atoms with van der Waals surface area (Å²) >= 11 is 5.99. The molecule has 2 aromatic rings. The monoisotopic (exact) mass is 417 g/mol. The smallest absolute Gasteiger partial charge is 0.301 e. The lowest BCUT2D eigenvalue weighted by molar-refractivity contribution is -0.886. The Balaban J connectivity index is 1.84. The van der Waals surface area contributed by atoms with Gasteiger partial charge in [-0.2, -0.15) is 5.10 Å². The van der Waals surface area contributed by atoms with Gasteiger partial charge in [-0.05, 0) is 36.8 Å². The van der Waals surface area contributed by atoms with Crippen LogP contribution in [0.2, 0.25) is 5.02 Å². The minimum Gasteiger partial charge on any atom is -0.467 e. The van der Waals surface area contributed by atoms with Crippen LogP contribution in [0.5, 0.6) is 0 Å². The number of amides is 2. The number of hydrogen-bond acceptors (Lipinski definition) is 4. The maximum absolute atomic E-state index is 13.3. The molecule has 1 aliphatic heterocycles. The van der Waals surface area contributed by atoms with Gasteiger partial charge in [0.15, 0.2) is 12.6 Å². The molecule has 0 saturated carbocycles. The van der Waals surface area contributed by atoms with E-state index >= 15 is 0 Å². The second-order valence-electron chi connectivity index (χ2n) is 7.50. The van der Waals surface area contributed by atoms with Crippen molar-refractivity contribution in [3.63, 3.8) is 0 Å². The Morgan fingerprint density at radius 1 is 1.31 bits per heavy atom. The van der Waals surface area contributed by atoms with Crippen molar-refractivity contribution in [1.82, 2.24) is 9.91 Å². The zero-order chi connectivity index (χ0) is 21.1. The standard InChI is InChI=1S/C21H25ClN4O3/c1-14(25(4)13-20(27)24(2)3)21(28)26-18(19-6-5-11-29-19)12-17(23-26)15-7-9-16(22)10-8-15/h5-11,14,18H,12-13H2,1-4H3/p+1/t14-,18+/m0/s1. The molecule has 1 aliphatic rings. The molecule has 7 nitrogen and oxygen atoms in total. The molecule has 1 N–H and O–H groups in total. The van der Waals surface area contributed by atoms with E-state index in [9.17, 15) is 9.59 Å². The summed E-state index contributed by atoms with van der Waals surface area (Å²) in [6.07, 6.45) is 2.14. The molecule has 0 saturated heterocycles. The number of rotatable bonds is 6. The Morgan fingerprint density at radius 3 is 2.59 bits per heavy atom. The number of nitrogens with one attached hydrogen (secondary N) is 1. The second-order valence-corrected chi connectivity index (χ2v) is 7.94. The number of carbonyl (C=O) groups is 2. The highest BCUT2D eigenvalue weighted by Crippen LogP contribution is 2.33. The van der Waals surface area contributed by atoms with E-state index in [-0.39, 0.29) is 24.4 Å². The highest BCUT2D eigenvalue weighted by atomic mass is 35.5. The molecule has 1 aromatic carbocycles. The van der Waals surface area contributed by atoms with Crippen LogP contribution in [0.25, 0.3) is 0 Å². The first-order valence-corrected chi connectivity index (χ1v) is 9.88. The molecule has 1 aromatic heterocycles. The Bertz CT molecular complexity index is 893. The van der Waals surface area contributed by atoms with Crippen molar-refractivity contribution in [3.05, 3.63) is 59.0 Å². The van der Waals surface area contributed by atoms with E-state index < -0.39 is 6.04 Å². The van der Waals surface area contributed by atoms with Gasteiger partial charge in [0.25, 0.3) is 5.91 Å². The Hall–Kier alpha value is -2.64. The number of halogens is 1. The van der Waals surface area contributed by atoms with Gasteiger partial charge in [0, 0.05) is 25.5 Å². The largest absolute Gasteiger partial charge is 0.467 e. The van der Waals surface area contributed by atoms with Crippen molar-refractivity contribution in [1.29, 1.82) is 0 Å². The number of benzene rings is 1. The van der Waals surface area contributed by atoms with Crippen molar-refractivity contribution in [3.8, 4) is 0 Å². The second kappa shape index (κ2) is 8.80. The normalized spacial score (nSPS) is 18.3. The van der Waals surface area contributed by atoms with Crippen LogP contribution in [0, 0.1) is 0 Å². The number of hydrogen-bond donors (Lipinski definition) is 1. The molecule has 0 fully saturated rings. The SMILES string of the molecule is C[C@@H](C(=O)N1N=C(c2ccc(Cl)cc2)C[C@@H]1c1ccco1)[NH+](C)CC(=O)N(C)C. The molecule has 3 atom stereocenters. The van der Waals surface area contributed by atoms with Crippen LogP contribution < -0.4 is 4.90 Å². The van der Waals surface area contributed by atoms with E-state index in [4.69, 9.17) is 16.0 Å². The summed E-state index contributed by atoms with van der Waals surface area (Å²) in [7, 11) is 5.25. The van der Waals surface area contributed by atoms with E-state index in [1.54, 1.807) is 38.6 Å². The zero-order valence-electron chi connectivity index (χ0n) is 17.1. The van der Waals surface area contributed by atoms with Crippen LogP contribution in [-0.4, -0.2) is 61.2 Å². The van der Waals surface area contributed by atoms with Gasteiger partial charge in [-0.25, -0.2) is 5.01 Å². The van der Waals surface area contributed by atoms with Crippen LogP contribution in [0.4, 0.5) is 0 Å². The van der Waals surface area contributed by atoms with Crippen molar-refractivity contribution >= 4 is 29.1 Å². The van der Waals surface area contributed by atoms with E-state index in [0.717, 1.165) is 16.2 Å². The van der Waals surface area contributed by atoms with E-state index in [1.165, 1.54) is 9.91 Å². The Kier molecular flexibility index (Phi) is 6.39. The van der Waals surface area contributed by atoms with Gasteiger partial charge in [-0.1, -0.05) is 23.7 Å². The third-order valence-corrected chi connectivity index (χ3v) is 5.48. The summed E-state index contributed by atoms with van der Waals surface area (Å²) in [6.45, 7) is 2.04. The third kappa shape index (κ3) is 4.68. The molecular weight excluding hydrogens is 392 g/mol. The predicted molar refractivity (Wildman–Crippen MR) is 111 cm³/mol. The van der Waals surface area contributed by atoms with Crippen LogP contribution in [0.15, 0.2) is 52.2 Å². The summed E-state index contributed by atoms with van der Waals surface area (Å²) in [5.74, 6) is 0.496. The van der Waals surface area contributed by atoms with Crippen LogP contribution in [0.3, 0.4) is 0 Å². The molecule has 29 heavy (non-hydrogen) atoms. The Labute approximate surface area is 175 Å². The topological polar surface area (TPSA) is 70.6 Å². The van der Waals surface area contributed by atoms with Gasteiger partial charge >= 0.3 is 5.91 Å². The van der Waals surface area contributed by atoms with Gasteiger partial charge in [-0.15, -0.1) is 0 Å². The number of hydrazone groups is 1. The van der Waals surface area contributed by atoms with Gasteiger partial charge in [0.05, 0.1) is 19.0 Å². The van der Waals surface area contributed by atoms with Crippen LogP contribution in [-0.2, 0) is 9.59 Å². The quantitative estimate of drug-likeness (QED) is 0.776. The average molecular weight is 418 g/mol. The zero-order valence-corrected chi connectivity index (χ0v) is 17.8.